The number of halogens is 1. The highest BCUT2D eigenvalue weighted by Gasteiger charge is 2.08. The monoisotopic (exact) mass is 278 g/mol. The first-order valence-electron chi connectivity index (χ1n) is 5.50. The average molecular weight is 279 g/mol. The number of fused-ring (bicyclic) bond motifs is 1. The minimum absolute atomic E-state index is 0.214. The predicted octanol–water partition coefficient (Wildman–Crippen LogP) is 3.28. The van der Waals surface area contributed by atoms with Crippen molar-refractivity contribution in [3.63, 3.8) is 0 Å². The van der Waals surface area contributed by atoms with Crippen LogP contribution in [0.4, 0.5) is 0 Å². The predicted molar refractivity (Wildman–Crippen MR) is 71.4 cm³/mol. The summed E-state index contributed by atoms with van der Waals surface area (Å²) in [6.07, 6.45) is 3.71. The van der Waals surface area contributed by atoms with E-state index >= 15 is 0 Å². The molecule has 0 saturated carbocycles. The Morgan fingerprint density at radius 2 is 2.19 bits per heavy atom. The Morgan fingerprint density at radius 1 is 1.38 bits per heavy atom. The van der Waals surface area contributed by atoms with Crippen LogP contribution in [0.2, 0.25) is 0 Å². The summed E-state index contributed by atoms with van der Waals surface area (Å²) < 4.78 is 1.09. The lowest BCUT2D eigenvalue weighted by molar-refractivity contribution is 0.648. The molecule has 1 aromatic carbocycles. The summed E-state index contributed by atoms with van der Waals surface area (Å²) in [6.45, 7) is 2.11. The highest BCUT2D eigenvalue weighted by atomic mass is 79.9. The van der Waals surface area contributed by atoms with Crippen molar-refractivity contribution in [3.05, 3.63) is 40.5 Å². The number of hydrogen-bond acceptors (Lipinski definition) is 2. The fourth-order valence-corrected chi connectivity index (χ4v) is 2.24. The Morgan fingerprint density at radius 3 is 2.94 bits per heavy atom. The molecule has 0 aliphatic rings. The van der Waals surface area contributed by atoms with E-state index in [4.69, 9.17) is 5.73 Å². The summed E-state index contributed by atoms with van der Waals surface area (Å²) in [5.41, 5.74) is 8.28. The Hall–Kier alpha value is -0.930. The van der Waals surface area contributed by atoms with E-state index in [1.165, 1.54) is 5.56 Å². The van der Waals surface area contributed by atoms with Gasteiger partial charge in [-0.1, -0.05) is 35.0 Å². The zero-order valence-electron chi connectivity index (χ0n) is 9.28. The third-order valence-electron chi connectivity index (χ3n) is 2.81. The SMILES string of the molecule is CCC(N)Cc1ccc(Br)c2cccnc12. The van der Waals surface area contributed by atoms with Crippen molar-refractivity contribution in [2.45, 2.75) is 25.8 Å². The van der Waals surface area contributed by atoms with Crippen molar-refractivity contribution in [1.29, 1.82) is 0 Å². The molecule has 1 aromatic heterocycles. The maximum Gasteiger partial charge on any atom is 0.0745 e. The zero-order valence-corrected chi connectivity index (χ0v) is 10.9. The molecular weight excluding hydrogens is 264 g/mol. The average Bonchev–Trinajstić information content (AvgIpc) is 2.33. The molecule has 2 rings (SSSR count). The third-order valence-corrected chi connectivity index (χ3v) is 3.50. The molecule has 0 bridgehead atoms. The largest absolute Gasteiger partial charge is 0.327 e. The Balaban J connectivity index is 2.50. The molecule has 2 N–H and O–H groups in total. The first-order chi connectivity index (χ1) is 7.72. The van der Waals surface area contributed by atoms with Crippen molar-refractivity contribution in [3.8, 4) is 0 Å². The number of aromatic nitrogens is 1. The molecule has 0 fully saturated rings. The van der Waals surface area contributed by atoms with Crippen molar-refractivity contribution in [2.24, 2.45) is 5.73 Å². The van der Waals surface area contributed by atoms with Gasteiger partial charge >= 0.3 is 0 Å². The normalized spacial score (nSPS) is 12.9. The molecule has 0 amide bonds. The number of nitrogens with zero attached hydrogens (tertiary/aromatic N) is 1. The second-order valence-corrected chi connectivity index (χ2v) is 4.83. The van der Waals surface area contributed by atoms with Gasteiger partial charge in [0.25, 0.3) is 0 Å². The van der Waals surface area contributed by atoms with Gasteiger partial charge in [0.05, 0.1) is 5.52 Å². The van der Waals surface area contributed by atoms with Gasteiger partial charge in [0, 0.05) is 22.1 Å². The lowest BCUT2D eigenvalue weighted by Crippen LogP contribution is -2.21. The van der Waals surface area contributed by atoms with Crippen molar-refractivity contribution in [1.82, 2.24) is 4.98 Å². The summed E-state index contributed by atoms with van der Waals surface area (Å²) in [4.78, 5) is 4.44. The first kappa shape index (κ1) is 11.6. The smallest absolute Gasteiger partial charge is 0.0745 e. The van der Waals surface area contributed by atoms with E-state index in [1.807, 2.05) is 12.3 Å². The maximum atomic E-state index is 5.99. The van der Waals surface area contributed by atoms with Gasteiger partial charge in [-0.05, 0) is 30.5 Å². The molecular formula is C13H15BrN2. The Bertz CT molecular complexity index is 496. The van der Waals surface area contributed by atoms with Gasteiger partial charge in [-0.2, -0.15) is 0 Å². The molecule has 0 saturated heterocycles. The van der Waals surface area contributed by atoms with Crippen molar-refractivity contribution >= 4 is 26.8 Å². The van der Waals surface area contributed by atoms with Crippen LogP contribution in [0.15, 0.2) is 34.9 Å². The quantitative estimate of drug-likeness (QED) is 0.936. The van der Waals surface area contributed by atoms with E-state index in [0.29, 0.717) is 0 Å². The van der Waals surface area contributed by atoms with Crippen LogP contribution in [0.3, 0.4) is 0 Å². The molecule has 1 heterocycles. The van der Waals surface area contributed by atoms with Gasteiger partial charge in [-0.15, -0.1) is 0 Å². The minimum atomic E-state index is 0.214. The van der Waals surface area contributed by atoms with E-state index in [2.05, 4.69) is 46.0 Å². The molecule has 0 aliphatic carbocycles. The van der Waals surface area contributed by atoms with Crippen LogP contribution < -0.4 is 5.73 Å². The minimum Gasteiger partial charge on any atom is -0.327 e. The van der Waals surface area contributed by atoms with Crippen molar-refractivity contribution in [2.75, 3.05) is 0 Å². The van der Waals surface area contributed by atoms with Crippen LogP contribution >= 0.6 is 15.9 Å². The molecule has 0 spiro atoms. The molecule has 2 nitrogen and oxygen atoms in total. The fraction of sp³-hybridized carbons (Fsp3) is 0.308. The van der Waals surface area contributed by atoms with E-state index in [-0.39, 0.29) is 6.04 Å². The van der Waals surface area contributed by atoms with Crippen molar-refractivity contribution < 1.29 is 0 Å². The second kappa shape index (κ2) is 4.93. The Kier molecular flexibility index (Phi) is 3.56. The lowest BCUT2D eigenvalue weighted by Gasteiger charge is -2.11. The van der Waals surface area contributed by atoms with Gasteiger partial charge in [0.2, 0.25) is 0 Å². The highest BCUT2D eigenvalue weighted by Crippen LogP contribution is 2.25. The van der Waals surface area contributed by atoms with Crippen LogP contribution in [0, 0.1) is 0 Å². The van der Waals surface area contributed by atoms with Crippen LogP contribution in [-0.2, 0) is 6.42 Å². The molecule has 0 aliphatic heterocycles. The van der Waals surface area contributed by atoms with E-state index in [1.54, 1.807) is 0 Å². The van der Waals surface area contributed by atoms with Gasteiger partial charge in [-0.25, -0.2) is 0 Å². The van der Waals surface area contributed by atoms with E-state index in [0.717, 1.165) is 28.2 Å². The molecule has 2 aromatic rings. The molecule has 1 atom stereocenters. The van der Waals surface area contributed by atoms with Crippen LogP contribution in [-0.4, -0.2) is 11.0 Å². The summed E-state index contributed by atoms with van der Waals surface area (Å²) in [5.74, 6) is 0. The number of benzene rings is 1. The standard InChI is InChI=1S/C13H15BrN2/c1-2-10(15)8-9-5-6-12(14)11-4-3-7-16-13(9)11/h3-7,10H,2,8,15H2,1H3. The second-order valence-electron chi connectivity index (χ2n) is 3.98. The summed E-state index contributed by atoms with van der Waals surface area (Å²) in [7, 11) is 0. The first-order valence-corrected chi connectivity index (χ1v) is 6.29. The van der Waals surface area contributed by atoms with E-state index < -0.39 is 0 Å². The van der Waals surface area contributed by atoms with Crippen LogP contribution in [0.5, 0.6) is 0 Å². The number of pyridine rings is 1. The number of hydrogen-bond donors (Lipinski definition) is 1. The number of nitrogens with two attached hydrogens (primary N) is 1. The van der Waals surface area contributed by atoms with Gasteiger partial charge in [0.15, 0.2) is 0 Å². The fourth-order valence-electron chi connectivity index (χ4n) is 1.79. The summed E-state index contributed by atoms with van der Waals surface area (Å²) >= 11 is 3.54. The van der Waals surface area contributed by atoms with E-state index in [9.17, 15) is 0 Å². The molecule has 3 heteroatoms. The van der Waals surface area contributed by atoms with Gasteiger partial charge < -0.3 is 5.73 Å². The maximum absolute atomic E-state index is 5.99. The third kappa shape index (κ3) is 2.25. The molecule has 1 unspecified atom stereocenters. The van der Waals surface area contributed by atoms with Gasteiger partial charge in [0.1, 0.15) is 0 Å². The Labute approximate surface area is 104 Å². The van der Waals surface area contributed by atoms with Crippen LogP contribution in [0.1, 0.15) is 18.9 Å². The highest BCUT2D eigenvalue weighted by molar-refractivity contribution is 9.10. The molecule has 84 valence electrons. The topological polar surface area (TPSA) is 38.9 Å². The summed E-state index contributed by atoms with van der Waals surface area (Å²) in [5, 5.41) is 1.16. The summed E-state index contributed by atoms with van der Waals surface area (Å²) in [6, 6.07) is 8.42. The van der Waals surface area contributed by atoms with Crippen LogP contribution in [0.25, 0.3) is 10.9 Å². The molecule has 0 radical (unpaired) electrons. The molecule has 16 heavy (non-hydrogen) atoms. The number of rotatable bonds is 3. The van der Waals surface area contributed by atoms with Gasteiger partial charge in [-0.3, -0.25) is 4.98 Å². The lowest BCUT2D eigenvalue weighted by atomic mass is 10.0. The zero-order chi connectivity index (χ0) is 11.5.